The smallest absolute Gasteiger partial charge is 0.352 e. The summed E-state index contributed by atoms with van der Waals surface area (Å²) in [6, 6.07) is 1.01. The van der Waals surface area contributed by atoms with Gasteiger partial charge in [0.1, 0.15) is 10.6 Å². The molecule has 0 saturated heterocycles. The maximum absolute atomic E-state index is 11.0. The van der Waals surface area contributed by atoms with Crippen molar-refractivity contribution in [2.45, 2.75) is 11.4 Å². The van der Waals surface area contributed by atoms with E-state index in [1.54, 1.807) is 0 Å². The fraction of sp³-hybridized carbons (Fsp3) is 0.375. The molecule has 0 amide bonds. The van der Waals surface area contributed by atoms with Gasteiger partial charge in [-0.15, -0.1) is 0 Å². The van der Waals surface area contributed by atoms with Gasteiger partial charge in [-0.25, -0.2) is 13.2 Å². The number of aromatic carboxylic acids is 1. The molecule has 0 aliphatic rings. The zero-order valence-corrected chi connectivity index (χ0v) is 9.95. The fourth-order valence-electron chi connectivity index (χ4n) is 1.17. The van der Waals surface area contributed by atoms with E-state index < -0.39 is 15.0 Å². The van der Waals surface area contributed by atoms with Crippen LogP contribution < -0.4 is 0 Å². The van der Waals surface area contributed by atoms with Gasteiger partial charge in [-0.1, -0.05) is 0 Å². The van der Waals surface area contributed by atoms with Crippen LogP contribution in [0.15, 0.2) is 17.2 Å². The van der Waals surface area contributed by atoms with Crippen molar-refractivity contribution < 1.29 is 23.1 Å². The number of carbonyl (C=O) groups is 1. The summed E-state index contributed by atoms with van der Waals surface area (Å²) in [7, 11) is 2.66. The van der Waals surface area contributed by atoms with Crippen LogP contribution in [-0.4, -0.2) is 37.8 Å². The highest BCUT2D eigenvalue weighted by Crippen LogP contribution is 2.18. The first kappa shape index (κ1) is 13.0. The molecule has 0 radical (unpaired) electrons. The number of hydrogen-bond donors (Lipinski definition) is 1. The van der Waals surface area contributed by atoms with Crippen LogP contribution in [0.25, 0.3) is 0 Å². The van der Waals surface area contributed by atoms with Gasteiger partial charge in [0.2, 0.25) is 0 Å². The highest BCUT2D eigenvalue weighted by Gasteiger charge is 2.19. The van der Waals surface area contributed by atoms with Crippen molar-refractivity contribution in [2.75, 3.05) is 13.7 Å². The van der Waals surface area contributed by atoms with Crippen LogP contribution in [-0.2, 0) is 20.3 Å². The molecule has 0 fully saturated rings. The van der Waals surface area contributed by atoms with Gasteiger partial charge in [0.15, 0.2) is 0 Å². The number of halogens is 1. The summed E-state index contributed by atoms with van der Waals surface area (Å²) in [5, 5.41) is 8.84. The van der Waals surface area contributed by atoms with Crippen LogP contribution in [0, 0.1) is 0 Å². The van der Waals surface area contributed by atoms with E-state index in [2.05, 4.69) is 0 Å². The molecule has 6 nitrogen and oxygen atoms in total. The van der Waals surface area contributed by atoms with Crippen LogP contribution in [0.1, 0.15) is 10.5 Å². The summed E-state index contributed by atoms with van der Waals surface area (Å²) in [6.07, 6.45) is 1.17. The molecule has 0 saturated carbocycles. The van der Waals surface area contributed by atoms with Crippen LogP contribution in [0.5, 0.6) is 0 Å². The number of methoxy groups -OCH3 is 1. The van der Waals surface area contributed by atoms with E-state index in [4.69, 9.17) is 20.5 Å². The van der Waals surface area contributed by atoms with Crippen LogP contribution >= 0.6 is 10.7 Å². The van der Waals surface area contributed by atoms with E-state index in [9.17, 15) is 13.2 Å². The minimum Gasteiger partial charge on any atom is -0.477 e. The first-order valence-electron chi connectivity index (χ1n) is 4.23. The van der Waals surface area contributed by atoms with E-state index in [1.807, 2.05) is 0 Å². The number of hydrogen-bond acceptors (Lipinski definition) is 4. The van der Waals surface area contributed by atoms with Crippen LogP contribution in [0.2, 0.25) is 0 Å². The van der Waals surface area contributed by atoms with Crippen molar-refractivity contribution in [3.05, 3.63) is 18.0 Å². The van der Waals surface area contributed by atoms with Crippen molar-refractivity contribution in [3.8, 4) is 0 Å². The monoisotopic (exact) mass is 267 g/mol. The zero-order valence-electron chi connectivity index (χ0n) is 8.38. The Morgan fingerprint density at radius 1 is 1.62 bits per heavy atom. The molecule has 0 aromatic carbocycles. The predicted molar refractivity (Wildman–Crippen MR) is 56.3 cm³/mol. The zero-order chi connectivity index (χ0) is 12.3. The van der Waals surface area contributed by atoms with Crippen molar-refractivity contribution >= 4 is 25.7 Å². The van der Waals surface area contributed by atoms with Gasteiger partial charge < -0.3 is 14.4 Å². The topological polar surface area (TPSA) is 85.6 Å². The molecule has 1 aromatic rings. The van der Waals surface area contributed by atoms with Crippen molar-refractivity contribution in [3.63, 3.8) is 0 Å². The lowest BCUT2D eigenvalue weighted by Gasteiger charge is -2.03. The van der Waals surface area contributed by atoms with E-state index in [0.717, 1.165) is 6.07 Å². The molecule has 0 aliphatic heterocycles. The number of carboxylic acids is 1. The molecule has 90 valence electrons. The van der Waals surface area contributed by atoms with Crippen LogP contribution in [0.4, 0.5) is 0 Å². The largest absolute Gasteiger partial charge is 0.477 e. The lowest BCUT2D eigenvalue weighted by Crippen LogP contribution is -2.10. The minimum absolute atomic E-state index is 0.142. The SMILES string of the molecule is COCCn1cc(S(=O)(=O)Cl)cc1C(=O)O. The second kappa shape index (κ2) is 4.86. The molecular weight excluding hydrogens is 258 g/mol. The number of ether oxygens (including phenoxy) is 1. The Morgan fingerprint density at radius 3 is 2.69 bits per heavy atom. The maximum atomic E-state index is 11.0. The molecule has 1 heterocycles. The Bertz CT molecular complexity index is 493. The summed E-state index contributed by atoms with van der Waals surface area (Å²) >= 11 is 0. The van der Waals surface area contributed by atoms with Gasteiger partial charge in [0.25, 0.3) is 9.05 Å². The maximum Gasteiger partial charge on any atom is 0.352 e. The van der Waals surface area contributed by atoms with Crippen LogP contribution in [0.3, 0.4) is 0 Å². The number of nitrogens with zero attached hydrogens (tertiary/aromatic N) is 1. The highest BCUT2D eigenvalue weighted by atomic mass is 35.7. The van der Waals surface area contributed by atoms with Gasteiger partial charge in [0.05, 0.1) is 6.61 Å². The second-order valence-corrected chi connectivity index (χ2v) is 5.56. The van der Waals surface area contributed by atoms with Gasteiger partial charge in [0, 0.05) is 30.5 Å². The van der Waals surface area contributed by atoms with Gasteiger partial charge >= 0.3 is 5.97 Å². The van der Waals surface area contributed by atoms with Gasteiger partial charge in [-0.3, -0.25) is 0 Å². The predicted octanol–water partition coefficient (Wildman–Crippen LogP) is 0.760. The van der Waals surface area contributed by atoms with Crippen molar-refractivity contribution in [1.82, 2.24) is 4.57 Å². The Balaban J connectivity index is 3.15. The Hall–Kier alpha value is -1.05. The normalized spacial score (nSPS) is 11.6. The van der Waals surface area contributed by atoms with E-state index in [0.29, 0.717) is 0 Å². The summed E-state index contributed by atoms with van der Waals surface area (Å²) in [6.45, 7) is 0.515. The molecule has 0 spiro atoms. The number of carboxylic acid groups (broad SMARTS) is 1. The third-order valence-corrected chi connectivity index (χ3v) is 3.23. The molecule has 8 heteroatoms. The molecule has 1 rings (SSSR count). The lowest BCUT2D eigenvalue weighted by atomic mass is 10.4. The van der Waals surface area contributed by atoms with E-state index in [1.165, 1.54) is 17.9 Å². The summed E-state index contributed by atoms with van der Waals surface area (Å²) in [4.78, 5) is 10.6. The summed E-state index contributed by atoms with van der Waals surface area (Å²) in [5.74, 6) is -1.22. The first-order valence-corrected chi connectivity index (χ1v) is 6.54. The quantitative estimate of drug-likeness (QED) is 0.796. The average Bonchev–Trinajstić information content (AvgIpc) is 2.57. The number of rotatable bonds is 5. The molecule has 0 aliphatic carbocycles. The molecule has 1 N–H and O–H groups in total. The summed E-state index contributed by atoms with van der Waals surface area (Å²) < 4.78 is 28.1. The Morgan fingerprint density at radius 2 is 2.25 bits per heavy atom. The molecular formula is C8H10ClNO5S. The third-order valence-electron chi connectivity index (χ3n) is 1.91. The Kier molecular flexibility index (Phi) is 3.95. The van der Waals surface area contributed by atoms with Gasteiger partial charge in [-0.05, 0) is 6.07 Å². The van der Waals surface area contributed by atoms with Crippen molar-refractivity contribution in [1.29, 1.82) is 0 Å². The molecule has 0 bridgehead atoms. The fourth-order valence-corrected chi connectivity index (χ4v) is 1.93. The minimum atomic E-state index is -3.92. The standard InChI is InChI=1S/C8H10ClNO5S/c1-15-3-2-10-5-6(16(9,13)14)4-7(10)8(11)12/h4-5H,2-3H2,1H3,(H,11,12). The molecule has 1 aromatic heterocycles. The van der Waals surface area contributed by atoms with Crippen molar-refractivity contribution in [2.24, 2.45) is 0 Å². The summed E-state index contributed by atoms with van der Waals surface area (Å²) in [5.41, 5.74) is -0.142. The van der Waals surface area contributed by atoms with Gasteiger partial charge in [-0.2, -0.15) is 0 Å². The third kappa shape index (κ3) is 2.97. The number of aromatic nitrogens is 1. The molecule has 0 atom stereocenters. The second-order valence-electron chi connectivity index (χ2n) is 2.99. The van der Waals surface area contributed by atoms with E-state index >= 15 is 0 Å². The van der Waals surface area contributed by atoms with E-state index in [-0.39, 0.29) is 23.7 Å². The average molecular weight is 268 g/mol. The Labute approximate surface area is 96.8 Å². The molecule has 0 unspecified atom stereocenters. The lowest BCUT2D eigenvalue weighted by molar-refractivity contribution is 0.0682. The molecule has 16 heavy (non-hydrogen) atoms. The highest BCUT2D eigenvalue weighted by molar-refractivity contribution is 8.13. The first-order chi connectivity index (χ1) is 7.36.